The first kappa shape index (κ1) is 12.2. The van der Waals surface area contributed by atoms with Crippen LogP contribution in [-0.4, -0.2) is 14.9 Å². The fourth-order valence-corrected chi connectivity index (χ4v) is 1.88. The third kappa shape index (κ3) is 2.40. The molecule has 0 bridgehead atoms. The van der Waals surface area contributed by atoms with Crippen LogP contribution in [0.1, 0.15) is 46.1 Å². The molecule has 0 saturated heterocycles. The van der Waals surface area contributed by atoms with Gasteiger partial charge in [0.1, 0.15) is 0 Å². The topological polar surface area (TPSA) is 38.0 Å². The summed E-state index contributed by atoms with van der Waals surface area (Å²) >= 11 is 0. The number of aryl methyl sites for hydroxylation is 1. The summed E-state index contributed by atoms with van der Waals surface area (Å²) in [7, 11) is 0. The molecule has 0 amide bonds. The van der Waals surface area contributed by atoms with Gasteiger partial charge in [0.25, 0.3) is 0 Å². The van der Waals surface area contributed by atoms with Gasteiger partial charge in [-0.3, -0.25) is 4.68 Å². The van der Waals surface area contributed by atoms with E-state index in [0.29, 0.717) is 0 Å². The Labute approximate surface area is 92.1 Å². The quantitative estimate of drug-likeness (QED) is 0.811. The van der Waals surface area contributed by atoms with Gasteiger partial charge in [0.05, 0.1) is 11.8 Å². The van der Waals surface area contributed by atoms with Gasteiger partial charge in [0.15, 0.2) is 0 Å². The summed E-state index contributed by atoms with van der Waals surface area (Å²) in [4.78, 5) is 0. The Kier molecular flexibility index (Phi) is 3.91. The molecule has 1 atom stereocenters. The Balaban J connectivity index is 2.92. The minimum Gasteiger partial charge on any atom is -0.385 e. The Morgan fingerprint density at radius 1 is 1.47 bits per heavy atom. The number of aliphatic hydroxyl groups is 1. The highest BCUT2D eigenvalue weighted by Crippen LogP contribution is 2.32. The first-order valence-electron chi connectivity index (χ1n) is 5.79. The summed E-state index contributed by atoms with van der Waals surface area (Å²) in [5.74, 6) is 0.210. The second kappa shape index (κ2) is 4.79. The van der Waals surface area contributed by atoms with E-state index in [1.807, 2.05) is 31.6 Å². The van der Waals surface area contributed by atoms with E-state index < -0.39 is 5.60 Å². The van der Waals surface area contributed by atoms with Crippen LogP contribution in [0.25, 0.3) is 0 Å². The first-order chi connectivity index (χ1) is 7.04. The molecule has 1 unspecified atom stereocenters. The molecule has 0 radical (unpaired) electrons. The molecule has 3 nitrogen and oxygen atoms in total. The van der Waals surface area contributed by atoms with Crippen molar-refractivity contribution in [3.05, 3.63) is 18.0 Å². The smallest absolute Gasteiger partial charge is 0.0946 e. The average Bonchev–Trinajstić information content (AvgIpc) is 2.66. The molecular weight excluding hydrogens is 188 g/mol. The van der Waals surface area contributed by atoms with Crippen LogP contribution in [0.3, 0.4) is 0 Å². The number of nitrogens with zero attached hydrogens (tertiary/aromatic N) is 2. The molecule has 1 heterocycles. The third-order valence-electron chi connectivity index (χ3n) is 3.08. The van der Waals surface area contributed by atoms with Gasteiger partial charge in [0.2, 0.25) is 0 Å². The van der Waals surface area contributed by atoms with Gasteiger partial charge in [-0.2, -0.15) is 5.10 Å². The predicted octanol–water partition coefficient (Wildman–Crippen LogP) is 2.55. The molecule has 86 valence electrons. The zero-order valence-electron chi connectivity index (χ0n) is 10.2. The van der Waals surface area contributed by atoms with Gasteiger partial charge in [0, 0.05) is 18.3 Å². The molecule has 0 fully saturated rings. The largest absolute Gasteiger partial charge is 0.385 e. The normalized spacial score (nSPS) is 15.6. The van der Waals surface area contributed by atoms with Crippen LogP contribution in [0.5, 0.6) is 0 Å². The summed E-state index contributed by atoms with van der Waals surface area (Å²) < 4.78 is 1.90. The van der Waals surface area contributed by atoms with Crippen molar-refractivity contribution in [1.29, 1.82) is 0 Å². The summed E-state index contributed by atoms with van der Waals surface area (Å²) in [6.07, 6.45) is 5.54. The molecule has 0 aliphatic heterocycles. The SMILES string of the molecule is CCCn1cc(C(O)(CC)C(C)C)cn1. The molecule has 1 aromatic rings. The maximum atomic E-state index is 10.5. The van der Waals surface area contributed by atoms with E-state index in [1.165, 1.54) is 0 Å². The molecule has 1 rings (SSSR count). The highest BCUT2D eigenvalue weighted by atomic mass is 16.3. The summed E-state index contributed by atoms with van der Waals surface area (Å²) in [5.41, 5.74) is 0.208. The number of hydrogen-bond donors (Lipinski definition) is 1. The second-order valence-electron chi connectivity index (χ2n) is 4.42. The van der Waals surface area contributed by atoms with Crippen molar-refractivity contribution in [3.8, 4) is 0 Å². The van der Waals surface area contributed by atoms with Gasteiger partial charge in [-0.15, -0.1) is 0 Å². The van der Waals surface area contributed by atoms with Crippen molar-refractivity contribution in [2.24, 2.45) is 5.92 Å². The van der Waals surface area contributed by atoms with Crippen molar-refractivity contribution in [2.75, 3.05) is 0 Å². The van der Waals surface area contributed by atoms with Crippen molar-refractivity contribution < 1.29 is 5.11 Å². The number of hydrogen-bond acceptors (Lipinski definition) is 2. The Bertz CT molecular complexity index is 306. The number of aromatic nitrogens is 2. The van der Waals surface area contributed by atoms with Crippen molar-refractivity contribution in [2.45, 2.75) is 52.7 Å². The molecule has 0 aliphatic carbocycles. The Hall–Kier alpha value is -0.830. The first-order valence-corrected chi connectivity index (χ1v) is 5.79. The highest BCUT2D eigenvalue weighted by Gasteiger charge is 2.32. The van der Waals surface area contributed by atoms with E-state index in [2.05, 4.69) is 12.0 Å². The lowest BCUT2D eigenvalue weighted by atomic mass is 9.83. The fourth-order valence-electron chi connectivity index (χ4n) is 1.88. The molecule has 0 aromatic carbocycles. The number of rotatable bonds is 5. The van der Waals surface area contributed by atoms with Crippen LogP contribution < -0.4 is 0 Å². The standard InChI is InChI=1S/C12H22N2O/c1-5-7-14-9-11(8-13-14)12(15,6-2)10(3)4/h8-10,15H,5-7H2,1-4H3. The monoisotopic (exact) mass is 210 g/mol. The Morgan fingerprint density at radius 3 is 2.60 bits per heavy atom. The van der Waals surface area contributed by atoms with E-state index in [1.54, 1.807) is 6.20 Å². The molecule has 0 spiro atoms. The minimum atomic E-state index is -0.730. The summed E-state index contributed by atoms with van der Waals surface area (Å²) in [5, 5.41) is 14.8. The lowest BCUT2D eigenvalue weighted by Crippen LogP contribution is -2.30. The van der Waals surface area contributed by atoms with E-state index in [-0.39, 0.29) is 5.92 Å². The van der Waals surface area contributed by atoms with Crippen molar-refractivity contribution in [1.82, 2.24) is 9.78 Å². The lowest BCUT2D eigenvalue weighted by molar-refractivity contribution is -0.0141. The molecular formula is C12H22N2O. The highest BCUT2D eigenvalue weighted by molar-refractivity contribution is 5.15. The van der Waals surface area contributed by atoms with Gasteiger partial charge in [-0.25, -0.2) is 0 Å². The molecule has 0 aliphatic rings. The van der Waals surface area contributed by atoms with E-state index >= 15 is 0 Å². The molecule has 1 aromatic heterocycles. The second-order valence-corrected chi connectivity index (χ2v) is 4.42. The van der Waals surface area contributed by atoms with Crippen LogP contribution in [-0.2, 0) is 12.1 Å². The maximum absolute atomic E-state index is 10.5. The summed E-state index contributed by atoms with van der Waals surface area (Å²) in [6.45, 7) is 9.13. The predicted molar refractivity (Wildman–Crippen MR) is 61.5 cm³/mol. The zero-order valence-corrected chi connectivity index (χ0v) is 10.2. The van der Waals surface area contributed by atoms with Gasteiger partial charge in [-0.1, -0.05) is 27.7 Å². The molecule has 1 N–H and O–H groups in total. The fraction of sp³-hybridized carbons (Fsp3) is 0.750. The minimum absolute atomic E-state index is 0.210. The third-order valence-corrected chi connectivity index (χ3v) is 3.08. The Morgan fingerprint density at radius 2 is 2.13 bits per heavy atom. The average molecular weight is 210 g/mol. The van der Waals surface area contributed by atoms with Gasteiger partial charge in [-0.05, 0) is 18.8 Å². The van der Waals surface area contributed by atoms with Crippen LogP contribution >= 0.6 is 0 Å². The molecule has 3 heteroatoms. The zero-order chi connectivity index (χ0) is 11.5. The van der Waals surface area contributed by atoms with Crippen LogP contribution in [0.4, 0.5) is 0 Å². The summed E-state index contributed by atoms with van der Waals surface area (Å²) in [6, 6.07) is 0. The van der Waals surface area contributed by atoms with E-state index in [4.69, 9.17) is 0 Å². The molecule has 15 heavy (non-hydrogen) atoms. The van der Waals surface area contributed by atoms with Crippen molar-refractivity contribution >= 4 is 0 Å². The lowest BCUT2D eigenvalue weighted by Gasteiger charge is -2.29. The van der Waals surface area contributed by atoms with Crippen LogP contribution in [0.2, 0.25) is 0 Å². The van der Waals surface area contributed by atoms with Crippen LogP contribution in [0.15, 0.2) is 12.4 Å². The van der Waals surface area contributed by atoms with Crippen molar-refractivity contribution in [3.63, 3.8) is 0 Å². The van der Waals surface area contributed by atoms with E-state index in [9.17, 15) is 5.11 Å². The van der Waals surface area contributed by atoms with Gasteiger partial charge >= 0.3 is 0 Å². The maximum Gasteiger partial charge on any atom is 0.0946 e. The van der Waals surface area contributed by atoms with Gasteiger partial charge < -0.3 is 5.11 Å². The molecule has 0 saturated carbocycles. The van der Waals surface area contributed by atoms with Crippen LogP contribution in [0, 0.1) is 5.92 Å². The van der Waals surface area contributed by atoms with E-state index in [0.717, 1.165) is 24.9 Å².